The molecule has 6 nitrogen and oxygen atoms in total. The zero-order chi connectivity index (χ0) is 18.9. The van der Waals surface area contributed by atoms with Crippen molar-refractivity contribution in [1.29, 1.82) is 0 Å². The van der Waals surface area contributed by atoms with Crippen molar-refractivity contribution in [1.82, 2.24) is 19.7 Å². The van der Waals surface area contributed by atoms with Crippen LogP contribution >= 0.6 is 0 Å². The van der Waals surface area contributed by atoms with E-state index in [0.29, 0.717) is 17.8 Å². The molecule has 7 rings (SSSR count). The highest BCUT2D eigenvalue weighted by Crippen LogP contribution is 2.57. The zero-order valence-corrected chi connectivity index (χ0v) is 16.0. The van der Waals surface area contributed by atoms with Gasteiger partial charge >= 0.3 is 0 Å². The first-order valence-electron chi connectivity index (χ1n) is 10.6. The molecule has 0 saturated heterocycles. The molecule has 4 aliphatic carbocycles. The molecule has 146 valence electrons. The molecule has 1 N–H and O–H groups in total. The summed E-state index contributed by atoms with van der Waals surface area (Å²) in [5.74, 6) is 2.45. The number of amides is 1. The number of pyridine rings is 1. The average molecular weight is 378 g/mol. The largest absolute Gasteiger partial charge is 0.390 e. The Kier molecular flexibility index (Phi) is 3.52. The number of carbonyl (C=O) groups is 1. The summed E-state index contributed by atoms with van der Waals surface area (Å²) in [5.41, 5.74) is 1.25. The van der Waals surface area contributed by atoms with Crippen LogP contribution < -0.4 is 0 Å². The van der Waals surface area contributed by atoms with Crippen LogP contribution in [0.1, 0.15) is 54.6 Å². The molecule has 4 bridgehead atoms. The molecule has 3 unspecified atom stereocenters. The van der Waals surface area contributed by atoms with E-state index in [0.717, 1.165) is 55.7 Å². The topological polar surface area (TPSA) is 71.2 Å². The second-order valence-corrected chi connectivity index (χ2v) is 9.39. The number of hydrogen-bond acceptors (Lipinski definition) is 4. The van der Waals surface area contributed by atoms with Gasteiger partial charge in [-0.25, -0.2) is 9.67 Å². The average Bonchev–Trinajstić information content (AvgIpc) is 3.02. The third kappa shape index (κ3) is 2.40. The van der Waals surface area contributed by atoms with E-state index in [-0.39, 0.29) is 11.9 Å². The van der Waals surface area contributed by atoms with Crippen LogP contribution in [0.25, 0.3) is 5.82 Å². The van der Waals surface area contributed by atoms with Gasteiger partial charge in [-0.3, -0.25) is 4.79 Å². The smallest absolute Gasteiger partial charge is 0.257 e. The molecule has 2 aromatic heterocycles. The molecule has 0 spiro atoms. The number of aliphatic hydroxyl groups is 1. The van der Waals surface area contributed by atoms with Crippen LogP contribution in [-0.4, -0.2) is 48.9 Å². The first-order valence-corrected chi connectivity index (χ1v) is 10.6. The van der Waals surface area contributed by atoms with E-state index in [1.54, 1.807) is 12.4 Å². The molecule has 6 heteroatoms. The summed E-state index contributed by atoms with van der Waals surface area (Å²) in [6.45, 7) is 0.802. The Bertz CT molecular complexity index is 908. The Morgan fingerprint density at radius 1 is 1.14 bits per heavy atom. The van der Waals surface area contributed by atoms with Gasteiger partial charge in [-0.1, -0.05) is 6.07 Å². The lowest BCUT2D eigenvalue weighted by Crippen LogP contribution is -2.62. The third-order valence-electron chi connectivity index (χ3n) is 7.59. The number of fused-ring (bicyclic) bond motifs is 1. The van der Waals surface area contributed by atoms with Gasteiger partial charge in [0.25, 0.3) is 5.91 Å². The minimum Gasteiger partial charge on any atom is -0.390 e. The van der Waals surface area contributed by atoms with Crippen LogP contribution in [-0.2, 0) is 6.42 Å². The Morgan fingerprint density at radius 2 is 1.96 bits per heavy atom. The van der Waals surface area contributed by atoms with Crippen LogP contribution in [0.15, 0.2) is 30.6 Å². The Morgan fingerprint density at radius 3 is 2.68 bits per heavy atom. The fourth-order valence-electron chi connectivity index (χ4n) is 6.89. The first-order chi connectivity index (χ1) is 13.6. The van der Waals surface area contributed by atoms with Crippen LogP contribution in [0.3, 0.4) is 0 Å². The summed E-state index contributed by atoms with van der Waals surface area (Å²) in [5, 5.41) is 15.4. The van der Waals surface area contributed by atoms with Crippen molar-refractivity contribution >= 4 is 5.91 Å². The van der Waals surface area contributed by atoms with Gasteiger partial charge in [0.1, 0.15) is 0 Å². The summed E-state index contributed by atoms with van der Waals surface area (Å²) >= 11 is 0. The van der Waals surface area contributed by atoms with Crippen molar-refractivity contribution in [2.24, 2.45) is 17.8 Å². The molecule has 5 atom stereocenters. The number of aromatic nitrogens is 3. The Hall–Kier alpha value is -2.21. The van der Waals surface area contributed by atoms with Crippen LogP contribution in [0.2, 0.25) is 0 Å². The highest BCUT2D eigenvalue weighted by molar-refractivity contribution is 5.96. The number of rotatable bonds is 2. The maximum absolute atomic E-state index is 13.6. The van der Waals surface area contributed by atoms with Crippen LogP contribution in [0.5, 0.6) is 0 Å². The summed E-state index contributed by atoms with van der Waals surface area (Å²) in [6.07, 6.45) is 10.3. The zero-order valence-electron chi connectivity index (χ0n) is 16.0. The van der Waals surface area contributed by atoms with Gasteiger partial charge in [0.15, 0.2) is 5.82 Å². The Balaban J connectivity index is 1.34. The fourth-order valence-corrected chi connectivity index (χ4v) is 6.89. The molecular weight excluding hydrogens is 352 g/mol. The number of hydrogen-bond donors (Lipinski definition) is 1. The van der Waals surface area contributed by atoms with E-state index in [1.807, 2.05) is 22.9 Å². The molecular formula is C22H26N4O2. The van der Waals surface area contributed by atoms with Crippen molar-refractivity contribution < 1.29 is 9.90 Å². The second kappa shape index (κ2) is 5.89. The quantitative estimate of drug-likeness (QED) is 0.872. The van der Waals surface area contributed by atoms with E-state index in [9.17, 15) is 9.90 Å². The van der Waals surface area contributed by atoms with E-state index in [1.165, 1.54) is 12.8 Å². The first kappa shape index (κ1) is 16.7. The van der Waals surface area contributed by atoms with Gasteiger partial charge in [-0.2, -0.15) is 5.10 Å². The minimum absolute atomic E-state index is 0.124. The number of nitrogens with zero attached hydrogens (tertiary/aromatic N) is 4. The molecule has 1 amide bonds. The van der Waals surface area contributed by atoms with E-state index in [2.05, 4.69) is 15.0 Å². The highest BCUT2D eigenvalue weighted by Gasteiger charge is 2.56. The van der Waals surface area contributed by atoms with Crippen molar-refractivity contribution in [3.05, 3.63) is 41.9 Å². The van der Waals surface area contributed by atoms with E-state index < -0.39 is 5.60 Å². The van der Waals surface area contributed by atoms with E-state index in [4.69, 9.17) is 0 Å². The van der Waals surface area contributed by atoms with Crippen LogP contribution in [0, 0.1) is 17.8 Å². The van der Waals surface area contributed by atoms with Crippen LogP contribution in [0.4, 0.5) is 0 Å². The van der Waals surface area contributed by atoms with Crippen molar-refractivity contribution in [2.75, 3.05) is 6.54 Å². The van der Waals surface area contributed by atoms with Gasteiger partial charge in [-0.15, -0.1) is 0 Å². The van der Waals surface area contributed by atoms with Gasteiger partial charge in [0.05, 0.1) is 23.1 Å². The maximum Gasteiger partial charge on any atom is 0.257 e. The molecule has 0 aromatic carbocycles. The fraction of sp³-hybridized carbons (Fsp3) is 0.591. The highest BCUT2D eigenvalue weighted by atomic mass is 16.3. The maximum atomic E-state index is 13.6. The van der Waals surface area contributed by atoms with Crippen molar-refractivity contribution in [2.45, 2.75) is 56.6 Å². The van der Waals surface area contributed by atoms with Gasteiger partial charge in [0, 0.05) is 18.8 Å². The van der Waals surface area contributed by atoms with Gasteiger partial charge in [-0.05, 0) is 74.8 Å². The standard InChI is InChI=1S/C22H26N4O2/c27-21-17-13-24-26(19-5-1-2-6-23-19)18(17)4-3-7-25(21)20-15-8-14-9-16(20)12-22(28,10-14)11-15/h1-2,5-6,13-16,20,28H,3-4,7-12H2/t14?,15-,16+,20?,22?. The Labute approximate surface area is 164 Å². The summed E-state index contributed by atoms with van der Waals surface area (Å²) in [7, 11) is 0. The lowest BCUT2D eigenvalue weighted by Gasteiger charge is -2.60. The summed E-state index contributed by atoms with van der Waals surface area (Å²) in [4.78, 5) is 20.1. The second-order valence-electron chi connectivity index (χ2n) is 9.39. The number of carbonyl (C=O) groups excluding carboxylic acids is 1. The molecule has 28 heavy (non-hydrogen) atoms. The van der Waals surface area contributed by atoms with E-state index >= 15 is 0 Å². The minimum atomic E-state index is -0.461. The normalized spacial score (nSPS) is 36.5. The predicted molar refractivity (Wildman–Crippen MR) is 103 cm³/mol. The molecule has 2 aromatic rings. The monoisotopic (exact) mass is 378 g/mol. The molecule has 4 fully saturated rings. The molecule has 5 aliphatic rings. The lowest BCUT2D eigenvalue weighted by molar-refractivity contribution is -0.154. The van der Waals surface area contributed by atoms with Crippen molar-refractivity contribution in [3.63, 3.8) is 0 Å². The predicted octanol–water partition coefficient (Wildman–Crippen LogP) is 2.60. The van der Waals surface area contributed by atoms with Gasteiger partial charge < -0.3 is 10.0 Å². The summed E-state index contributed by atoms with van der Waals surface area (Å²) < 4.78 is 1.83. The third-order valence-corrected chi connectivity index (χ3v) is 7.59. The summed E-state index contributed by atoms with van der Waals surface area (Å²) in [6, 6.07) is 6.05. The molecule has 0 radical (unpaired) electrons. The molecule has 4 saturated carbocycles. The molecule has 3 heterocycles. The molecule has 1 aliphatic heterocycles. The van der Waals surface area contributed by atoms with Crippen molar-refractivity contribution in [3.8, 4) is 5.82 Å². The SMILES string of the molecule is O=C1c2cnn(-c3ccccn3)c2CCCN1C1[C@@H]2CC3C[C@H]1CC(O)(C3)C2. The van der Waals surface area contributed by atoms with Gasteiger partial charge in [0.2, 0.25) is 0 Å². The lowest BCUT2D eigenvalue weighted by atomic mass is 9.52.